The van der Waals surface area contributed by atoms with Gasteiger partial charge in [-0.3, -0.25) is 9.44 Å². The highest BCUT2D eigenvalue weighted by atomic mass is 32.3. The second-order valence-electron chi connectivity index (χ2n) is 2.15. The van der Waals surface area contributed by atoms with Gasteiger partial charge in [0.2, 0.25) is 0 Å². The van der Waals surface area contributed by atoms with Gasteiger partial charge in [-0.25, -0.2) is 0 Å². The predicted octanol–water partition coefficient (Wildman–Crippen LogP) is 0.176. The van der Waals surface area contributed by atoms with Gasteiger partial charge in [0.25, 0.3) is 0 Å². The number of hydrogen-bond acceptors (Lipinski definition) is 7. The van der Waals surface area contributed by atoms with E-state index in [1.54, 1.807) is 0 Å². The minimum atomic E-state index is -4.75. The van der Waals surface area contributed by atoms with Crippen LogP contribution in [0.3, 0.4) is 0 Å². The molecule has 0 saturated heterocycles. The lowest BCUT2D eigenvalue weighted by molar-refractivity contribution is -0.204. The fourth-order valence-electron chi connectivity index (χ4n) is 0.448. The Morgan fingerprint density at radius 3 is 2.57 bits per heavy atom. The zero-order chi connectivity index (χ0) is 11.2. The van der Waals surface area contributed by atoms with Gasteiger partial charge in [-0.15, -0.1) is 0 Å². The highest BCUT2D eigenvalue weighted by molar-refractivity contribution is 7.98. The molecule has 0 fully saturated rings. The SMILES string of the molecule is CSCC/C(N)=C(\O)OOS(=O)(=O)O. The molecule has 0 saturated carbocycles. The summed E-state index contributed by atoms with van der Waals surface area (Å²) in [7, 11) is -4.75. The van der Waals surface area contributed by atoms with Gasteiger partial charge in [-0.2, -0.15) is 20.2 Å². The first-order chi connectivity index (χ1) is 6.37. The van der Waals surface area contributed by atoms with Crippen LogP contribution in [0.25, 0.3) is 0 Å². The van der Waals surface area contributed by atoms with Gasteiger partial charge in [-0.05, 0) is 16.3 Å². The molecule has 0 rings (SSSR count). The molecule has 14 heavy (non-hydrogen) atoms. The Labute approximate surface area is 85.8 Å². The molecule has 0 aromatic carbocycles. The van der Waals surface area contributed by atoms with Crippen molar-refractivity contribution in [2.75, 3.05) is 12.0 Å². The van der Waals surface area contributed by atoms with E-state index in [-0.39, 0.29) is 5.70 Å². The van der Waals surface area contributed by atoms with E-state index >= 15 is 0 Å². The number of aliphatic hydroxyl groups excluding tert-OH is 1. The Morgan fingerprint density at radius 2 is 2.14 bits per heavy atom. The van der Waals surface area contributed by atoms with Crippen LogP contribution in [0.4, 0.5) is 0 Å². The van der Waals surface area contributed by atoms with E-state index in [4.69, 9.17) is 15.4 Å². The first-order valence-electron chi connectivity index (χ1n) is 3.37. The van der Waals surface area contributed by atoms with Crippen LogP contribution in [0, 0.1) is 0 Å². The number of nitrogens with two attached hydrogens (primary N) is 1. The molecule has 0 aliphatic heterocycles. The number of hydrogen-bond donors (Lipinski definition) is 3. The molecule has 0 radical (unpaired) electrons. The highest BCUT2D eigenvalue weighted by Crippen LogP contribution is 2.07. The summed E-state index contributed by atoms with van der Waals surface area (Å²) in [5.41, 5.74) is 5.20. The Kier molecular flexibility index (Phi) is 5.69. The van der Waals surface area contributed by atoms with Crippen LogP contribution in [0.15, 0.2) is 11.6 Å². The van der Waals surface area contributed by atoms with Crippen molar-refractivity contribution in [2.45, 2.75) is 6.42 Å². The van der Waals surface area contributed by atoms with Gasteiger partial charge in [0.15, 0.2) is 0 Å². The van der Waals surface area contributed by atoms with Crippen molar-refractivity contribution >= 4 is 22.2 Å². The summed E-state index contributed by atoms with van der Waals surface area (Å²) in [5, 5.41) is 8.93. The summed E-state index contributed by atoms with van der Waals surface area (Å²) in [5.74, 6) is -0.248. The van der Waals surface area contributed by atoms with Gasteiger partial charge in [0.1, 0.15) is 0 Å². The minimum absolute atomic E-state index is 0.0667. The van der Waals surface area contributed by atoms with E-state index in [1.807, 2.05) is 6.26 Å². The molecule has 0 aromatic heterocycles. The van der Waals surface area contributed by atoms with Crippen LogP contribution >= 0.6 is 11.8 Å². The van der Waals surface area contributed by atoms with Crippen molar-refractivity contribution in [2.24, 2.45) is 5.73 Å². The second-order valence-corrected chi connectivity index (χ2v) is 4.13. The van der Waals surface area contributed by atoms with Gasteiger partial charge in [0.05, 0.1) is 5.70 Å². The smallest absolute Gasteiger partial charge is 0.432 e. The Balaban J connectivity index is 4.10. The molecule has 0 amide bonds. The third-order valence-electron chi connectivity index (χ3n) is 1.05. The normalized spacial score (nSPS) is 13.6. The largest absolute Gasteiger partial charge is 0.478 e. The summed E-state index contributed by atoms with van der Waals surface area (Å²) in [6.45, 7) is 0. The fourth-order valence-corrected chi connectivity index (χ4v) is 1.02. The average Bonchev–Trinajstić information content (AvgIpc) is 2.09. The third kappa shape index (κ3) is 6.83. The summed E-state index contributed by atoms with van der Waals surface area (Å²) >= 11 is 1.48. The molecule has 0 aliphatic carbocycles. The van der Waals surface area contributed by atoms with E-state index in [0.717, 1.165) is 0 Å². The van der Waals surface area contributed by atoms with Crippen molar-refractivity contribution in [3.63, 3.8) is 0 Å². The molecule has 0 aliphatic rings. The molecule has 84 valence electrons. The van der Waals surface area contributed by atoms with Gasteiger partial charge >= 0.3 is 16.3 Å². The van der Waals surface area contributed by atoms with Crippen LogP contribution in [0.5, 0.6) is 0 Å². The predicted molar refractivity (Wildman–Crippen MR) is 50.6 cm³/mol. The zero-order valence-electron chi connectivity index (χ0n) is 7.34. The van der Waals surface area contributed by atoms with Crippen molar-refractivity contribution in [1.29, 1.82) is 0 Å². The van der Waals surface area contributed by atoms with Crippen LogP contribution in [0.2, 0.25) is 0 Å². The summed E-state index contributed by atoms with van der Waals surface area (Å²) in [6, 6.07) is 0. The Hall–Kier alpha value is -0.640. The van der Waals surface area contributed by atoms with Crippen molar-refractivity contribution < 1.29 is 27.3 Å². The van der Waals surface area contributed by atoms with E-state index in [9.17, 15) is 8.42 Å². The molecule has 0 aromatic rings. The van der Waals surface area contributed by atoms with Crippen LogP contribution in [-0.4, -0.2) is 30.1 Å². The van der Waals surface area contributed by atoms with E-state index in [0.29, 0.717) is 12.2 Å². The van der Waals surface area contributed by atoms with Crippen LogP contribution < -0.4 is 5.73 Å². The third-order valence-corrected chi connectivity index (χ3v) is 1.90. The van der Waals surface area contributed by atoms with Gasteiger partial charge in [0, 0.05) is 6.42 Å². The first-order valence-corrected chi connectivity index (χ1v) is 6.13. The van der Waals surface area contributed by atoms with Gasteiger partial charge in [-0.1, -0.05) is 0 Å². The van der Waals surface area contributed by atoms with Gasteiger partial charge < -0.3 is 10.8 Å². The maximum absolute atomic E-state index is 10.0. The van der Waals surface area contributed by atoms with E-state index < -0.39 is 16.3 Å². The number of aliphatic hydroxyl groups is 1. The average molecular weight is 245 g/mol. The van der Waals surface area contributed by atoms with E-state index in [1.165, 1.54) is 11.8 Å². The standard InChI is InChI=1S/C5H11NO6S2/c1-13-3-2-4(6)5(7)11-12-14(8,9)10/h7H,2-3,6H2,1H3,(H,8,9,10)/b5-4-. The summed E-state index contributed by atoms with van der Waals surface area (Å²) < 4.78 is 31.5. The topological polar surface area (TPSA) is 119 Å². The summed E-state index contributed by atoms with van der Waals surface area (Å²) in [4.78, 5) is 3.83. The second kappa shape index (κ2) is 5.96. The maximum Gasteiger partial charge on any atom is 0.432 e. The van der Waals surface area contributed by atoms with Crippen molar-refractivity contribution in [3.8, 4) is 0 Å². The molecular weight excluding hydrogens is 234 g/mol. The molecule has 0 atom stereocenters. The molecule has 9 heteroatoms. The monoisotopic (exact) mass is 245 g/mol. The maximum atomic E-state index is 10.0. The zero-order valence-corrected chi connectivity index (χ0v) is 8.97. The molecular formula is C5H11NO6S2. The lowest BCUT2D eigenvalue weighted by Crippen LogP contribution is -2.10. The molecule has 0 unspecified atom stereocenters. The van der Waals surface area contributed by atoms with Crippen molar-refractivity contribution in [1.82, 2.24) is 0 Å². The molecule has 0 heterocycles. The fraction of sp³-hybridized carbons (Fsp3) is 0.600. The Bertz CT molecular complexity index is 297. The van der Waals surface area contributed by atoms with Crippen LogP contribution in [-0.2, 0) is 19.6 Å². The molecule has 0 bridgehead atoms. The molecule has 4 N–H and O–H groups in total. The summed E-state index contributed by atoms with van der Waals surface area (Å²) in [6.07, 6.45) is 2.14. The lowest BCUT2D eigenvalue weighted by Gasteiger charge is -2.03. The first kappa shape index (κ1) is 13.4. The van der Waals surface area contributed by atoms with E-state index in [2.05, 4.69) is 9.22 Å². The number of rotatable bonds is 6. The van der Waals surface area contributed by atoms with Crippen LogP contribution in [0.1, 0.15) is 6.42 Å². The highest BCUT2D eigenvalue weighted by Gasteiger charge is 2.10. The quantitative estimate of drug-likeness (QED) is 0.262. The Morgan fingerprint density at radius 1 is 1.57 bits per heavy atom. The number of thioether (sulfide) groups is 1. The molecule has 7 nitrogen and oxygen atoms in total. The number of allylic oxidation sites excluding steroid dienone is 1. The molecule has 0 spiro atoms. The minimum Gasteiger partial charge on any atom is -0.478 e. The van der Waals surface area contributed by atoms with Crippen molar-refractivity contribution in [3.05, 3.63) is 11.6 Å². The lowest BCUT2D eigenvalue weighted by atomic mass is 10.4.